The van der Waals surface area contributed by atoms with Gasteiger partial charge >= 0.3 is 12.4 Å². The SMILES string of the molecule is C[C@H]1[C@H](F)C[C@@H](C(=O)NCc2cn(C3CCC(C(F)(F)F)CC3)nc2C(F)(F)F)N1S(=O)(=O)c1ccc(F)cc1. The lowest BCUT2D eigenvalue weighted by Crippen LogP contribution is -2.48. The molecule has 2 fully saturated rings. The Hall–Kier alpha value is -2.75. The van der Waals surface area contributed by atoms with Gasteiger partial charge in [-0.3, -0.25) is 9.48 Å². The van der Waals surface area contributed by atoms with Crippen molar-refractivity contribution in [3.8, 4) is 0 Å². The van der Waals surface area contributed by atoms with Crippen LogP contribution in [0.4, 0.5) is 35.1 Å². The lowest BCUT2D eigenvalue weighted by atomic mass is 9.86. The molecule has 16 heteroatoms. The van der Waals surface area contributed by atoms with Crippen molar-refractivity contribution in [3.63, 3.8) is 0 Å². The summed E-state index contributed by atoms with van der Waals surface area (Å²) in [6.45, 7) is 0.496. The van der Waals surface area contributed by atoms with E-state index in [1.165, 1.54) is 6.92 Å². The molecule has 0 unspecified atom stereocenters. The van der Waals surface area contributed by atoms with Crippen molar-refractivity contribution in [2.75, 3.05) is 0 Å². The fourth-order valence-corrected chi connectivity index (χ4v) is 7.06. The molecule has 1 aromatic heterocycles. The van der Waals surface area contributed by atoms with Gasteiger partial charge in [-0.05, 0) is 56.9 Å². The van der Waals surface area contributed by atoms with E-state index in [2.05, 4.69) is 10.4 Å². The Labute approximate surface area is 224 Å². The minimum Gasteiger partial charge on any atom is -0.350 e. The van der Waals surface area contributed by atoms with Gasteiger partial charge in [0.15, 0.2) is 5.69 Å². The number of carbonyl (C=O) groups excluding carboxylic acids is 1. The standard InChI is InChI=1S/C24H26F8N4O3S/c1-13-19(26)10-20(36(13)40(38,39)18-8-4-16(25)5-9-18)22(37)33-11-14-12-35(34-21(14)24(30,31)32)17-6-2-15(3-7-17)23(27,28)29/h4-5,8-9,12-13,15,17,19-20H,2-3,6-7,10-11H2,1H3,(H,33,37)/t13-,15?,17?,19+,20-/m0/s1. The number of nitrogens with one attached hydrogen (secondary N) is 1. The number of halogens is 8. The molecule has 3 atom stereocenters. The van der Waals surface area contributed by atoms with E-state index < -0.39 is 93.4 Å². The van der Waals surface area contributed by atoms with Gasteiger partial charge in [0.1, 0.15) is 18.0 Å². The molecule has 0 spiro atoms. The van der Waals surface area contributed by atoms with Gasteiger partial charge in [0.05, 0.1) is 22.9 Å². The number of amides is 1. The highest BCUT2D eigenvalue weighted by atomic mass is 32.2. The van der Waals surface area contributed by atoms with E-state index in [4.69, 9.17) is 0 Å². The van der Waals surface area contributed by atoms with Crippen LogP contribution in [-0.4, -0.2) is 52.8 Å². The molecule has 0 bridgehead atoms. The third-order valence-electron chi connectivity index (χ3n) is 7.44. The summed E-state index contributed by atoms with van der Waals surface area (Å²) in [6, 6.07) is 0.0636. The highest BCUT2D eigenvalue weighted by molar-refractivity contribution is 7.89. The van der Waals surface area contributed by atoms with Gasteiger partial charge < -0.3 is 5.32 Å². The molecule has 1 aliphatic heterocycles. The number of rotatable bonds is 6. The molecular formula is C24H26F8N4O3S. The number of benzene rings is 1. The maximum Gasteiger partial charge on any atom is 0.435 e. The van der Waals surface area contributed by atoms with E-state index in [0.717, 1.165) is 35.1 Å². The van der Waals surface area contributed by atoms with E-state index in [0.29, 0.717) is 4.31 Å². The van der Waals surface area contributed by atoms with Gasteiger partial charge in [-0.15, -0.1) is 0 Å². The fourth-order valence-electron chi connectivity index (χ4n) is 5.25. The summed E-state index contributed by atoms with van der Waals surface area (Å²) >= 11 is 0. The first kappa shape index (κ1) is 30.2. The molecule has 1 aliphatic carbocycles. The zero-order valence-electron chi connectivity index (χ0n) is 21.0. The Morgan fingerprint density at radius 3 is 2.20 bits per heavy atom. The lowest BCUT2D eigenvalue weighted by molar-refractivity contribution is -0.183. The van der Waals surface area contributed by atoms with Crippen LogP contribution in [0.5, 0.6) is 0 Å². The van der Waals surface area contributed by atoms with Gasteiger partial charge in [-0.2, -0.15) is 35.7 Å². The average molecular weight is 603 g/mol. The molecule has 1 saturated heterocycles. The maximum atomic E-state index is 14.6. The van der Waals surface area contributed by atoms with Crippen LogP contribution in [0.1, 0.15) is 56.3 Å². The molecule has 7 nitrogen and oxygen atoms in total. The molecule has 1 N–H and O–H groups in total. The Bertz CT molecular complexity index is 1320. The quantitative estimate of drug-likeness (QED) is 0.465. The summed E-state index contributed by atoms with van der Waals surface area (Å²) in [5.41, 5.74) is -1.82. The monoisotopic (exact) mass is 602 g/mol. The van der Waals surface area contributed by atoms with Crippen molar-refractivity contribution in [2.45, 2.75) is 87.1 Å². The van der Waals surface area contributed by atoms with Gasteiger partial charge in [0.25, 0.3) is 0 Å². The zero-order chi connectivity index (χ0) is 29.6. The summed E-state index contributed by atoms with van der Waals surface area (Å²) < 4.78 is 136. The molecule has 2 heterocycles. The number of aromatic nitrogens is 2. The van der Waals surface area contributed by atoms with E-state index in [9.17, 15) is 48.3 Å². The fraction of sp³-hybridized carbons (Fsp3) is 0.583. The van der Waals surface area contributed by atoms with Crippen LogP contribution in [0.15, 0.2) is 35.4 Å². The van der Waals surface area contributed by atoms with Crippen molar-refractivity contribution in [2.24, 2.45) is 5.92 Å². The summed E-state index contributed by atoms with van der Waals surface area (Å²) in [5.74, 6) is -3.31. The topological polar surface area (TPSA) is 84.3 Å². The summed E-state index contributed by atoms with van der Waals surface area (Å²) in [4.78, 5) is 12.6. The Morgan fingerprint density at radius 2 is 1.65 bits per heavy atom. The molecule has 1 aromatic carbocycles. The number of sulfonamides is 1. The summed E-state index contributed by atoms with van der Waals surface area (Å²) in [6.07, 6.45) is -11.2. The first-order valence-electron chi connectivity index (χ1n) is 12.4. The predicted molar refractivity (Wildman–Crippen MR) is 124 cm³/mol. The third-order valence-corrected chi connectivity index (χ3v) is 9.45. The van der Waals surface area contributed by atoms with Crippen molar-refractivity contribution >= 4 is 15.9 Å². The number of nitrogens with zero attached hydrogens (tertiary/aromatic N) is 3. The second kappa shape index (κ2) is 10.9. The van der Waals surface area contributed by atoms with Crippen LogP contribution in [0.25, 0.3) is 0 Å². The van der Waals surface area contributed by atoms with Gasteiger partial charge in [-0.25, -0.2) is 17.2 Å². The van der Waals surface area contributed by atoms with Gasteiger partial charge in [-0.1, -0.05) is 0 Å². The van der Waals surface area contributed by atoms with Crippen molar-refractivity contribution in [1.82, 2.24) is 19.4 Å². The molecule has 1 saturated carbocycles. The van der Waals surface area contributed by atoms with Crippen LogP contribution in [0.3, 0.4) is 0 Å². The second-order valence-corrected chi connectivity index (χ2v) is 11.9. The van der Waals surface area contributed by atoms with E-state index in [1.54, 1.807) is 0 Å². The summed E-state index contributed by atoms with van der Waals surface area (Å²) in [7, 11) is -4.48. The van der Waals surface area contributed by atoms with Crippen LogP contribution in [0.2, 0.25) is 0 Å². The van der Waals surface area contributed by atoms with E-state index >= 15 is 0 Å². The van der Waals surface area contributed by atoms with E-state index in [1.807, 2.05) is 0 Å². The maximum absolute atomic E-state index is 14.6. The highest BCUT2D eigenvalue weighted by Crippen LogP contribution is 2.42. The number of carbonyl (C=O) groups is 1. The number of alkyl halides is 7. The second-order valence-electron chi connectivity index (χ2n) is 10.0. The largest absolute Gasteiger partial charge is 0.435 e. The first-order valence-corrected chi connectivity index (χ1v) is 13.9. The molecule has 222 valence electrons. The molecule has 0 radical (unpaired) electrons. The number of hydrogen-bond acceptors (Lipinski definition) is 4. The Morgan fingerprint density at radius 1 is 1.05 bits per heavy atom. The third kappa shape index (κ3) is 6.11. The molecule has 40 heavy (non-hydrogen) atoms. The zero-order valence-corrected chi connectivity index (χ0v) is 21.8. The van der Waals surface area contributed by atoms with E-state index in [-0.39, 0.29) is 25.7 Å². The van der Waals surface area contributed by atoms with Crippen LogP contribution in [-0.2, 0) is 27.5 Å². The smallest absolute Gasteiger partial charge is 0.350 e. The molecule has 2 aromatic rings. The lowest BCUT2D eigenvalue weighted by Gasteiger charge is -2.29. The minimum atomic E-state index is -4.95. The highest BCUT2D eigenvalue weighted by Gasteiger charge is 2.49. The van der Waals surface area contributed by atoms with Crippen molar-refractivity contribution in [1.29, 1.82) is 0 Å². The summed E-state index contributed by atoms with van der Waals surface area (Å²) in [5, 5.41) is 5.78. The predicted octanol–water partition coefficient (Wildman–Crippen LogP) is 5.14. The van der Waals surface area contributed by atoms with Crippen LogP contribution in [0, 0.1) is 11.7 Å². The molecule has 1 amide bonds. The van der Waals surface area contributed by atoms with Crippen molar-refractivity contribution < 1.29 is 48.3 Å². The molecule has 4 rings (SSSR count). The number of hydrogen-bond donors (Lipinski definition) is 1. The molecular weight excluding hydrogens is 576 g/mol. The van der Waals surface area contributed by atoms with Gasteiger partial charge in [0, 0.05) is 24.7 Å². The normalized spacial score (nSPS) is 26.7. The Kier molecular flexibility index (Phi) is 8.24. The minimum absolute atomic E-state index is 0.0387. The Balaban J connectivity index is 1.52. The van der Waals surface area contributed by atoms with Crippen molar-refractivity contribution in [3.05, 3.63) is 47.5 Å². The average Bonchev–Trinajstić information content (AvgIpc) is 3.44. The van der Waals surface area contributed by atoms with Crippen LogP contribution >= 0.6 is 0 Å². The van der Waals surface area contributed by atoms with Crippen LogP contribution < -0.4 is 5.32 Å². The molecule has 2 aliphatic rings. The van der Waals surface area contributed by atoms with Gasteiger partial charge in [0.2, 0.25) is 15.9 Å². The first-order chi connectivity index (χ1) is 18.5.